The van der Waals surface area contributed by atoms with Crippen LogP contribution in [0.5, 0.6) is 0 Å². The summed E-state index contributed by atoms with van der Waals surface area (Å²) in [5.41, 5.74) is 7.34. The van der Waals surface area contributed by atoms with Crippen molar-refractivity contribution in [2.24, 2.45) is 11.7 Å². The number of benzene rings is 2. The fraction of sp³-hybridized carbons (Fsp3) is 0.333. The van der Waals surface area contributed by atoms with Crippen LogP contribution in [0.15, 0.2) is 48.5 Å². The summed E-state index contributed by atoms with van der Waals surface area (Å²) in [6, 6.07) is 13.4. The Morgan fingerprint density at radius 2 is 1.79 bits per heavy atom. The van der Waals surface area contributed by atoms with E-state index in [0.717, 1.165) is 24.8 Å². The molecule has 0 aromatic heterocycles. The van der Waals surface area contributed by atoms with Crippen molar-refractivity contribution in [2.75, 3.05) is 10.6 Å². The number of nitrogens with two attached hydrogens (primary N) is 1. The van der Waals surface area contributed by atoms with Gasteiger partial charge < -0.3 is 16.4 Å². The van der Waals surface area contributed by atoms with Gasteiger partial charge in [-0.25, -0.2) is 4.39 Å². The Kier molecular flexibility index (Phi) is 7.96. The summed E-state index contributed by atoms with van der Waals surface area (Å²) in [5.74, 6) is -0.825. The lowest BCUT2D eigenvalue weighted by Gasteiger charge is -2.15. The Labute approximate surface area is 170 Å². The van der Waals surface area contributed by atoms with Crippen LogP contribution >= 0.6 is 12.4 Å². The molecule has 2 amide bonds. The van der Waals surface area contributed by atoms with Gasteiger partial charge in [0, 0.05) is 18.2 Å². The molecule has 2 atom stereocenters. The van der Waals surface area contributed by atoms with Crippen molar-refractivity contribution in [3.8, 4) is 0 Å². The van der Waals surface area contributed by atoms with Crippen molar-refractivity contribution in [3.05, 3.63) is 59.9 Å². The van der Waals surface area contributed by atoms with E-state index in [-0.39, 0.29) is 48.3 Å². The van der Waals surface area contributed by atoms with Crippen LogP contribution in [0.4, 0.5) is 15.8 Å². The van der Waals surface area contributed by atoms with Crippen LogP contribution < -0.4 is 16.4 Å². The molecular weight excluding hydrogens is 381 g/mol. The first-order valence-corrected chi connectivity index (χ1v) is 9.20. The molecule has 2 aromatic carbocycles. The number of anilines is 2. The highest BCUT2D eigenvalue weighted by atomic mass is 35.5. The standard InChI is InChI=1S/C21H24FN3O2.ClH/c22-17-10-9-16(24-21(27)12-15-7-4-8-18(15)23)13-19(17)25-20(26)11-14-5-2-1-3-6-14;/h1-3,5-6,9-10,13,15,18H,4,7-8,11-12,23H2,(H,24,27)(H,25,26);1H/t15-,18+;/m0./s1. The van der Waals surface area contributed by atoms with Gasteiger partial charge in [-0.1, -0.05) is 36.8 Å². The highest BCUT2D eigenvalue weighted by Crippen LogP contribution is 2.27. The first kappa shape index (κ1) is 21.9. The lowest BCUT2D eigenvalue weighted by atomic mass is 10.00. The van der Waals surface area contributed by atoms with E-state index in [9.17, 15) is 14.0 Å². The second-order valence-corrected chi connectivity index (χ2v) is 7.01. The largest absolute Gasteiger partial charge is 0.327 e. The van der Waals surface area contributed by atoms with E-state index in [4.69, 9.17) is 5.73 Å². The number of halogens is 2. The Balaban J connectivity index is 0.00000280. The maximum absolute atomic E-state index is 14.0. The third-order valence-corrected chi connectivity index (χ3v) is 4.90. The molecule has 7 heteroatoms. The quantitative estimate of drug-likeness (QED) is 0.681. The van der Waals surface area contributed by atoms with E-state index in [1.54, 1.807) is 0 Å². The molecule has 0 radical (unpaired) electrons. The number of nitrogens with one attached hydrogen (secondary N) is 2. The molecule has 1 aliphatic carbocycles. The lowest BCUT2D eigenvalue weighted by molar-refractivity contribution is -0.117. The summed E-state index contributed by atoms with van der Waals surface area (Å²) in [6.45, 7) is 0. The topological polar surface area (TPSA) is 84.2 Å². The first-order valence-electron chi connectivity index (χ1n) is 9.20. The number of carbonyl (C=O) groups excluding carboxylic acids is 2. The average molecular weight is 406 g/mol. The van der Waals surface area contributed by atoms with Gasteiger partial charge in [0.05, 0.1) is 12.1 Å². The van der Waals surface area contributed by atoms with E-state index < -0.39 is 5.82 Å². The maximum Gasteiger partial charge on any atom is 0.228 e. The fourth-order valence-electron chi connectivity index (χ4n) is 3.44. The molecule has 0 bridgehead atoms. The molecule has 3 rings (SSSR count). The predicted octanol–water partition coefficient (Wildman–Crippen LogP) is 3.88. The second kappa shape index (κ2) is 10.2. The number of carbonyl (C=O) groups is 2. The normalized spacial score (nSPS) is 18.2. The summed E-state index contributed by atoms with van der Waals surface area (Å²) in [5, 5.41) is 5.33. The second-order valence-electron chi connectivity index (χ2n) is 7.01. The number of hydrogen-bond donors (Lipinski definition) is 3. The van der Waals surface area contributed by atoms with E-state index >= 15 is 0 Å². The third kappa shape index (κ3) is 6.04. The molecule has 4 N–H and O–H groups in total. The average Bonchev–Trinajstić information content (AvgIpc) is 3.03. The van der Waals surface area contributed by atoms with Gasteiger partial charge in [-0.05, 0) is 42.5 Å². The molecule has 1 saturated carbocycles. The van der Waals surface area contributed by atoms with Gasteiger partial charge in [-0.2, -0.15) is 0 Å². The summed E-state index contributed by atoms with van der Waals surface area (Å²) in [7, 11) is 0. The summed E-state index contributed by atoms with van der Waals surface area (Å²) in [4.78, 5) is 24.4. The van der Waals surface area contributed by atoms with Crippen LogP contribution in [-0.4, -0.2) is 17.9 Å². The van der Waals surface area contributed by atoms with Gasteiger partial charge in [0.25, 0.3) is 0 Å². The molecule has 150 valence electrons. The molecule has 0 spiro atoms. The number of hydrogen-bond acceptors (Lipinski definition) is 3. The van der Waals surface area contributed by atoms with Crippen molar-refractivity contribution in [2.45, 2.75) is 38.1 Å². The molecule has 0 unspecified atom stereocenters. The molecule has 1 fully saturated rings. The molecular formula is C21H25ClFN3O2. The smallest absolute Gasteiger partial charge is 0.228 e. The van der Waals surface area contributed by atoms with Gasteiger partial charge in [0.2, 0.25) is 11.8 Å². The Hall–Kier alpha value is -2.44. The van der Waals surface area contributed by atoms with E-state index in [0.29, 0.717) is 12.1 Å². The van der Waals surface area contributed by atoms with Crippen molar-refractivity contribution >= 4 is 35.6 Å². The summed E-state index contributed by atoms with van der Waals surface area (Å²) >= 11 is 0. The zero-order chi connectivity index (χ0) is 19.2. The monoisotopic (exact) mass is 405 g/mol. The van der Waals surface area contributed by atoms with E-state index in [1.807, 2.05) is 30.3 Å². The van der Waals surface area contributed by atoms with Gasteiger partial charge >= 0.3 is 0 Å². The van der Waals surface area contributed by atoms with Gasteiger partial charge in [-0.3, -0.25) is 9.59 Å². The van der Waals surface area contributed by atoms with Crippen molar-refractivity contribution in [1.29, 1.82) is 0 Å². The van der Waals surface area contributed by atoms with Gasteiger partial charge in [0.1, 0.15) is 5.82 Å². The highest BCUT2D eigenvalue weighted by Gasteiger charge is 2.26. The van der Waals surface area contributed by atoms with E-state index in [1.165, 1.54) is 18.2 Å². The van der Waals surface area contributed by atoms with Gasteiger partial charge in [0.15, 0.2) is 0 Å². The Bertz CT molecular complexity index is 817. The molecule has 1 aliphatic rings. The number of rotatable bonds is 6. The van der Waals surface area contributed by atoms with Crippen molar-refractivity contribution < 1.29 is 14.0 Å². The van der Waals surface area contributed by atoms with Crippen molar-refractivity contribution in [3.63, 3.8) is 0 Å². The van der Waals surface area contributed by atoms with Gasteiger partial charge in [-0.15, -0.1) is 12.4 Å². The fourth-order valence-corrected chi connectivity index (χ4v) is 3.44. The minimum Gasteiger partial charge on any atom is -0.327 e. The van der Waals surface area contributed by atoms with Crippen LogP contribution in [0.1, 0.15) is 31.2 Å². The third-order valence-electron chi connectivity index (χ3n) is 4.90. The minimum atomic E-state index is -0.549. The van der Waals surface area contributed by atoms with Crippen LogP contribution in [0.3, 0.4) is 0 Å². The first-order chi connectivity index (χ1) is 13.0. The predicted molar refractivity (Wildman–Crippen MR) is 111 cm³/mol. The molecule has 2 aromatic rings. The molecule has 5 nitrogen and oxygen atoms in total. The Morgan fingerprint density at radius 1 is 1.04 bits per heavy atom. The van der Waals surface area contributed by atoms with E-state index in [2.05, 4.69) is 10.6 Å². The highest BCUT2D eigenvalue weighted by molar-refractivity contribution is 5.95. The summed E-state index contributed by atoms with van der Waals surface area (Å²) < 4.78 is 14.0. The maximum atomic E-state index is 14.0. The SMILES string of the molecule is Cl.N[C@@H]1CCC[C@H]1CC(=O)Nc1ccc(F)c(NC(=O)Cc2ccccc2)c1. The minimum absolute atomic E-state index is 0. The van der Waals surface area contributed by atoms with Crippen LogP contribution in [0, 0.1) is 11.7 Å². The summed E-state index contributed by atoms with van der Waals surface area (Å²) in [6.07, 6.45) is 3.46. The van der Waals surface area contributed by atoms with Crippen molar-refractivity contribution in [1.82, 2.24) is 0 Å². The molecule has 0 saturated heterocycles. The Morgan fingerprint density at radius 3 is 2.46 bits per heavy atom. The van der Waals surface area contributed by atoms with Crippen LogP contribution in [-0.2, 0) is 16.0 Å². The number of amides is 2. The zero-order valence-electron chi connectivity index (χ0n) is 15.5. The zero-order valence-corrected chi connectivity index (χ0v) is 16.3. The van der Waals surface area contributed by atoms with Crippen LogP contribution in [0.25, 0.3) is 0 Å². The molecule has 0 aliphatic heterocycles. The van der Waals surface area contributed by atoms with Crippen LogP contribution in [0.2, 0.25) is 0 Å². The molecule has 0 heterocycles. The molecule has 28 heavy (non-hydrogen) atoms. The lowest BCUT2D eigenvalue weighted by Crippen LogP contribution is -2.28.